The summed E-state index contributed by atoms with van der Waals surface area (Å²) in [5, 5.41) is 0. The third kappa shape index (κ3) is 5.36. The monoisotopic (exact) mass is 557 g/mol. The van der Waals surface area contributed by atoms with E-state index in [1.165, 1.54) is 61.4 Å². The maximum atomic E-state index is 15.2. The van der Waals surface area contributed by atoms with Gasteiger partial charge in [0.05, 0.1) is 25.3 Å². The lowest BCUT2D eigenvalue weighted by molar-refractivity contribution is 0.0990. The number of nitrogens with zero attached hydrogens (tertiary/aromatic N) is 3. The number of ether oxygens (including phenoxy) is 3. The molecule has 0 unspecified atom stereocenters. The minimum Gasteiger partial charge on any atom is -0.491 e. The third-order valence-corrected chi connectivity index (χ3v) is 6.71. The number of hydrogen-bond donors (Lipinski definition) is 0. The molecule has 0 fully saturated rings. The van der Waals surface area contributed by atoms with Crippen LogP contribution >= 0.6 is 0 Å². The molecule has 0 amide bonds. The molecule has 0 aliphatic rings. The van der Waals surface area contributed by atoms with Crippen LogP contribution < -0.4 is 19.8 Å². The van der Waals surface area contributed by atoms with Gasteiger partial charge in [0.2, 0.25) is 0 Å². The fourth-order valence-corrected chi connectivity index (χ4v) is 4.47. The zero-order chi connectivity index (χ0) is 29.3. The van der Waals surface area contributed by atoms with Gasteiger partial charge in [-0.05, 0) is 66.9 Å². The molecule has 0 saturated carbocycles. The molecule has 5 rings (SSSR count). The number of ketones is 1. The van der Waals surface area contributed by atoms with E-state index in [0.717, 1.165) is 0 Å². The highest BCUT2D eigenvalue weighted by molar-refractivity contribution is 5.98. The van der Waals surface area contributed by atoms with E-state index in [0.29, 0.717) is 39.2 Å². The van der Waals surface area contributed by atoms with E-state index in [4.69, 9.17) is 14.2 Å². The van der Waals surface area contributed by atoms with Crippen molar-refractivity contribution < 1.29 is 27.8 Å². The SMILES string of the molecule is COc1cc2nccc(Oc3ccc(CC(=O)c4c(C)c(C)cn(-c5ccc(F)cc5)c4=O)cc3F)c2nc1OC. The molecule has 0 radical (unpaired) electrons. The van der Waals surface area contributed by atoms with Crippen LogP contribution in [0.15, 0.2) is 71.8 Å². The average Bonchev–Trinajstić information content (AvgIpc) is 2.96. The van der Waals surface area contributed by atoms with E-state index in [1.807, 2.05) is 0 Å². The molecule has 0 spiro atoms. The van der Waals surface area contributed by atoms with Gasteiger partial charge in [0.25, 0.3) is 11.4 Å². The molecule has 41 heavy (non-hydrogen) atoms. The molecule has 0 bridgehead atoms. The Morgan fingerprint density at radius 1 is 0.927 bits per heavy atom. The zero-order valence-corrected chi connectivity index (χ0v) is 22.7. The Morgan fingerprint density at radius 3 is 2.37 bits per heavy atom. The third-order valence-electron chi connectivity index (χ3n) is 6.71. The van der Waals surface area contributed by atoms with Crippen molar-refractivity contribution in [2.24, 2.45) is 0 Å². The molecule has 0 N–H and O–H groups in total. The molecule has 2 aromatic carbocycles. The van der Waals surface area contributed by atoms with E-state index in [2.05, 4.69) is 9.97 Å². The molecular weight excluding hydrogens is 532 g/mol. The summed E-state index contributed by atoms with van der Waals surface area (Å²) in [6.07, 6.45) is 2.90. The number of aryl methyl sites for hydroxylation is 1. The van der Waals surface area contributed by atoms with Gasteiger partial charge in [-0.15, -0.1) is 0 Å². The number of carbonyl (C=O) groups is 1. The summed E-state index contributed by atoms with van der Waals surface area (Å²) in [4.78, 5) is 35.3. The second-order valence-electron chi connectivity index (χ2n) is 9.31. The molecule has 0 aliphatic heterocycles. The Labute approximate surface area is 233 Å². The molecule has 3 heterocycles. The zero-order valence-electron chi connectivity index (χ0n) is 22.7. The fourth-order valence-electron chi connectivity index (χ4n) is 4.47. The first kappa shape index (κ1) is 27.4. The Balaban J connectivity index is 1.43. The number of rotatable bonds is 8. The van der Waals surface area contributed by atoms with Crippen LogP contribution in [-0.4, -0.2) is 34.5 Å². The summed E-state index contributed by atoms with van der Waals surface area (Å²) in [5.74, 6) is -0.845. The van der Waals surface area contributed by atoms with Crippen LogP contribution in [0.2, 0.25) is 0 Å². The van der Waals surface area contributed by atoms with Crippen LogP contribution in [0.25, 0.3) is 16.7 Å². The van der Waals surface area contributed by atoms with Crippen molar-refractivity contribution in [3.8, 4) is 28.8 Å². The minimum atomic E-state index is -0.703. The second-order valence-corrected chi connectivity index (χ2v) is 9.31. The van der Waals surface area contributed by atoms with Gasteiger partial charge in [-0.3, -0.25) is 19.1 Å². The van der Waals surface area contributed by atoms with Crippen LogP contribution in [0.4, 0.5) is 8.78 Å². The second kappa shape index (κ2) is 11.2. The predicted molar refractivity (Wildman–Crippen MR) is 149 cm³/mol. The van der Waals surface area contributed by atoms with Crippen molar-refractivity contribution in [2.45, 2.75) is 20.3 Å². The molecule has 8 nitrogen and oxygen atoms in total. The van der Waals surface area contributed by atoms with Gasteiger partial charge >= 0.3 is 0 Å². The van der Waals surface area contributed by atoms with Gasteiger partial charge in [0.15, 0.2) is 28.8 Å². The van der Waals surface area contributed by atoms with Gasteiger partial charge in [-0.1, -0.05) is 6.07 Å². The number of hydrogen-bond acceptors (Lipinski definition) is 7. The van der Waals surface area contributed by atoms with E-state index in [1.54, 1.807) is 38.2 Å². The topological polar surface area (TPSA) is 92.5 Å². The van der Waals surface area contributed by atoms with Crippen molar-refractivity contribution in [2.75, 3.05) is 14.2 Å². The number of Topliss-reactive ketones (excluding diaryl/α,β-unsaturated/α-hetero) is 1. The normalized spacial score (nSPS) is 11.0. The van der Waals surface area contributed by atoms with Crippen molar-refractivity contribution in [1.82, 2.24) is 14.5 Å². The number of pyridine rings is 3. The summed E-state index contributed by atoms with van der Waals surface area (Å²) in [6.45, 7) is 3.47. The Hall–Kier alpha value is -5.12. The Bertz CT molecular complexity index is 1850. The minimum absolute atomic E-state index is 0.00577. The lowest BCUT2D eigenvalue weighted by atomic mass is 9.98. The lowest BCUT2D eigenvalue weighted by Crippen LogP contribution is -2.28. The van der Waals surface area contributed by atoms with Gasteiger partial charge in [-0.25, -0.2) is 13.8 Å². The summed E-state index contributed by atoms with van der Waals surface area (Å²) < 4.78 is 46.3. The molecule has 208 valence electrons. The molecule has 3 aromatic heterocycles. The number of halogens is 2. The number of methoxy groups -OCH3 is 2. The molecular formula is C31H25F2N3O5. The average molecular weight is 558 g/mol. The first-order valence-electron chi connectivity index (χ1n) is 12.6. The number of carbonyl (C=O) groups excluding carboxylic acids is 1. The summed E-state index contributed by atoms with van der Waals surface area (Å²) in [7, 11) is 2.93. The fraction of sp³-hybridized carbons (Fsp3) is 0.161. The van der Waals surface area contributed by atoms with E-state index in [-0.39, 0.29) is 29.4 Å². The highest BCUT2D eigenvalue weighted by Crippen LogP contribution is 2.34. The first-order chi connectivity index (χ1) is 19.7. The number of fused-ring (bicyclic) bond motifs is 1. The summed E-state index contributed by atoms with van der Waals surface area (Å²) in [6, 6.07) is 12.7. The van der Waals surface area contributed by atoms with E-state index in [9.17, 15) is 14.0 Å². The van der Waals surface area contributed by atoms with Gasteiger partial charge in [0, 0.05) is 36.6 Å². The molecule has 5 aromatic rings. The predicted octanol–water partition coefficient (Wildman–Crippen LogP) is 5.91. The largest absolute Gasteiger partial charge is 0.491 e. The van der Waals surface area contributed by atoms with Crippen LogP contribution in [0.3, 0.4) is 0 Å². The Kier molecular flexibility index (Phi) is 7.47. The standard InChI is InChI=1S/C31H25F2N3O5/c1-17-16-36(21-8-6-20(32)7-9-21)31(38)28(18(17)2)24(37)14-19-5-10-25(22(33)13-19)41-26-11-12-34-23-15-27(39-3)30(40-4)35-29(23)26/h5-13,15-16H,14H2,1-4H3. The van der Waals surface area contributed by atoms with E-state index >= 15 is 4.39 Å². The van der Waals surface area contributed by atoms with Crippen molar-refractivity contribution >= 4 is 16.8 Å². The smallest absolute Gasteiger partial charge is 0.266 e. The number of aromatic nitrogens is 3. The summed E-state index contributed by atoms with van der Waals surface area (Å²) >= 11 is 0. The van der Waals surface area contributed by atoms with Crippen molar-refractivity contribution in [3.05, 3.63) is 111 Å². The Morgan fingerprint density at radius 2 is 1.68 bits per heavy atom. The van der Waals surface area contributed by atoms with Crippen LogP contribution in [0.5, 0.6) is 23.1 Å². The van der Waals surface area contributed by atoms with Gasteiger partial charge in [0.1, 0.15) is 11.3 Å². The lowest BCUT2D eigenvalue weighted by Gasteiger charge is -2.14. The van der Waals surface area contributed by atoms with Crippen molar-refractivity contribution in [3.63, 3.8) is 0 Å². The molecule has 0 aliphatic carbocycles. The highest BCUT2D eigenvalue weighted by atomic mass is 19.1. The molecule has 0 saturated heterocycles. The van der Waals surface area contributed by atoms with Crippen molar-refractivity contribution in [1.29, 1.82) is 0 Å². The molecule has 0 atom stereocenters. The van der Waals surface area contributed by atoms with E-state index < -0.39 is 23.0 Å². The molecule has 10 heteroatoms. The maximum Gasteiger partial charge on any atom is 0.266 e. The van der Waals surface area contributed by atoms with Crippen LogP contribution in [0.1, 0.15) is 27.0 Å². The highest BCUT2D eigenvalue weighted by Gasteiger charge is 2.20. The summed E-state index contributed by atoms with van der Waals surface area (Å²) in [5.41, 5.74) is 2.29. The van der Waals surface area contributed by atoms with Gasteiger partial charge < -0.3 is 14.2 Å². The van der Waals surface area contributed by atoms with Crippen LogP contribution in [-0.2, 0) is 6.42 Å². The van der Waals surface area contributed by atoms with Gasteiger partial charge in [-0.2, -0.15) is 0 Å². The van der Waals surface area contributed by atoms with Crippen LogP contribution in [0, 0.1) is 25.5 Å². The quantitative estimate of drug-likeness (QED) is 0.219. The first-order valence-corrected chi connectivity index (χ1v) is 12.6. The maximum absolute atomic E-state index is 15.2. The number of benzene rings is 2.